The summed E-state index contributed by atoms with van der Waals surface area (Å²) in [7, 11) is 0. The zero-order chi connectivity index (χ0) is 18.3. The van der Waals surface area contributed by atoms with E-state index in [-0.39, 0.29) is 35.8 Å². The minimum absolute atomic E-state index is 0.000856. The zero-order valence-corrected chi connectivity index (χ0v) is 15.0. The number of benzene rings is 1. The summed E-state index contributed by atoms with van der Waals surface area (Å²) in [5.74, 6) is 0.507. The zero-order valence-electron chi connectivity index (χ0n) is 15.0. The Bertz CT molecular complexity index is 717. The summed E-state index contributed by atoms with van der Waals surface area (Å²) in [6, 6.07) is 7.48. The lowest BCUT2D eigenvalue weighted by molar-refractivity contribution is -0.142. The van der Waals surface area contributed by atoms with Crippen molar-refractivity contribution in [2.24, 2.45) is 0 Å². The lowest BCUT2D eigenvalue weighted by atomic mass is 9.95. The number of para-hydroxylation sites is 1. The van der Waals surface area contributed by atoms with E-state index in [0.717, 1.165) is 12.8 Å². The maximum absolute atomic E-state index is 13.2. The highest BCUT2D eigenvalue weighted by molar-refractivity contribution is 6.02. The Morgan fingerprint density at radius 2 is 1.65 bits per heavy atom. The topological polar surface area (TPSA) is 66.9 Å². The van der Waals surface area contributed by atoms with Crippen LogP contribution in [-0.4, -0.2) is 52.3 Å². The number of ether oxygens (including phenoxy) is 1. The van der Waals surface area contributed by atoms with Crippen LogP contribution in [0.15, 0.2) is 24.3 Å². The van der Waals surface area contributed by atoms with Gasteiger partial charge in [-0.05, 0) is 44.7 Å². The smallest absolute Gasteiger partial charge is 0.258 e. The molecule has 1 aromatic carbocycles. The fourth-order valence-corrected chi connectivity index (χ4v) is 4.76. The molecule has 2 atom stereocenters. The van der Waals surface area contributed by atoms with Crippen LogP contribution in [0.4, 0.5) is 0 Å². The number of piperidine rings is 1. The molecule has 3 heterocycles. The van der Waals surface area contributed by atoms with Crippen molar-refractivity contribution in [1.29, 1.82) is 0 Å². The third-order valence-electron chi connectivity index (χ3n) is 5.82. The average Bonchev–Trinajstić information content (AvgIpc) is 3.11. The molecule has 4 rings (SSSR count). The Hall–Kier alpha value is -2.37. The third-order valence-corrected chi connectivity index (χ3v) is 5.82. The quantitative estimate of drug-likeness (QED) is 0.777. The van der Waals surface area contributed by atoms with Crippen LogP contribution in [0.25, 0.3) is 0 Å². The van der Waals surface area contributed by atoms with Gasteiger partial charge in [0, 0.05) is 31.0 Å². The second kappa shape index (κ2) is 6.74. The minimum atomic E-state index is -0.0548. The molecule has 0 radical (unpaired) electrons. The van der Waals surface area contributed by atoms with Crippen molar-refractivity contribution < 1.29 is 19.1 Å². The van der Waals surface area contributed by atoms with Gasteiger partial charge in [-0.2, -0.15) is 0 Å². The molecular weight excluding hydrogens is 332 g/mol. The van der Waals surface area contributed by atoms with Crippen molar-refractivity contribution in [1.82, 2.24) is 9.80 Å². The lowest BCUT2D eigenvalue weighted by Crippen LogP contribution is -2.53. The predicted octanol–water partition coefficient (Wildman–Crippen LogP) is 2.37. The molecule has 2 bridgehead atoms. The maximum Gasteiger partial charge on any atom is 0.258 e. The van der Waals surface area contributed by atoms with Crippen molar-refractivity contribution in [3.63, 3.8) is 0 Å². The third kappa shape index (κ3) is 2.77. The Morgan fingerprint density at radius 1 is 1.04 bits per heavy atom. The first kappa shape index (κ1) is 17.1. The van der Waals surface area contributed by atoms with Gasteiger partial charge in [0.25, 0.3) is 5.91 Å². The number of hydrogen-bond acceptors (Lipinski definition) is 4. The van der Waals surface area contributed by atoms with E-state index in [9.17, 15) is 14.4 Å². The lowest BCUT2D eigenvalue weighted by Gasteiger charge is -2.41. The first-order valence-electron chi connectivity index (χ1n) is 9.49. The summed E-state index contributed by atoms with van der Waals surface area (Å²) in [5.41, 5.74) is 0.595. The summed E-state index contributed by atoms with van der Waals surface area (Å²) in [6.07, 6.45) is 3.90. The van der Waals surface area contributed by atoms with Crippen LogP contribution in [0.5, 0.6) is 5.75 Å². The van der Waals surface area contributed by atoms with E-state index >= 15 is 0 Å². The van der Waals surface area contributed by atoms with Crippen molar-refractivity contribution in [3.8, 4) is 5.75 Å². The number of carbonyl (C=O) groups is 3. The molecule has 1 aromatic rings. The van der Waals surface area contributed by atoms with Gasteiger partial charge in [0.1, 0.15) is 5.75 Å². The van der Waals surface area contributed by atoms with Gasteiger partial charge in [0.15, 0.2) is 0 Å². The number of rotatable bonds is 4. The number of fused-ring (bicyclic) bond motifs is 2. The van der Waals surface area contributed by atoms with E-state index in [0.29, 0.717) is 43.6 Å². The number of carbonyl (C=O) groups excluding carboxylic acids is 3. The summed E-state index contributed by atoms with van der Waals surface area (Å²) in [5, 5.41) is 0. The summed E-state index contributed by atoms with van der Waals surface area (Å²) >= 11 is 0. The van der Waals surface area contributed by atoms with Crippen LogP contribution in [0.3, 0.4) is 0 Å². The second-order valence-corrected chi connectivity index (χ2v) is 7.31. The summed E-state index contributed by atoms with van der Waals surface area (Å²) in [6.45, 7) is 2.42. The van der Waals surface area contributed by atoms with Crippen LogP contribution in [0, 0.1) is 0 Å². The standard InChI is InChI=1S/C20H24N2O4/c1-2-26-17-6-4-3-5-16(17)20(25)21-13-7-8-14(21)12-15(11-13)22-18(23)9-10-19(22)24/h3-6,13-15H,2,7-12H2,1H3. The SMILES string of the molecule is CCOc1ccccc1C(=O)N1C2CCC1CC(N1C(=O)CCC1=O)C2. The molecule has 6 heteroatoms. The Kier molecular flexibility index (Phi) is 4.42. The van der Waals surface area contributed by atoms with E-state index in [1.807, 2.05) is 36.1 Å². The van der Waals surface area contributed by atoms with Crippen LogP contribution < -0.4 is 4.74 Å². The van der Waals surface area contributed by atoms with Crippen LogP contribution >= 0.6 is 0 Å². The van der Waals surface area contributed by atoms with Crippen molar-refractivity contribution in [2.45, 2.75) is 63.6 Å². The van der Waals surface area contributed by atoms with Crippen molar-refractivity contribution in [3.05, 3.63) is 29.8 Å². The summed E-state index contributed by atoms with van der Waals surface area (Å²) < 4.78 is 5.63. The first-order valence-corrected chi connectivity index (χ1v) is 9.49. The molecule has 3 amide bonds. The van der Waals surface area contributed by atoms with E-state index in [1.165, 1.54) is 4.90 Å². The van der Waals surface area contributed by atoms with Crippen LogP contribution in [-0.2, 0) is 9.59 Å². The molecule has 3 aliphatic rings. The van der Waals surface area contributed by atoms with Gasteiger partial charge in [-0.3, -0.25) is 19.3 Å². The van der Waals surface area contributed by atoms with Gasteiger partial charge in [-0.25, -0.2) is 0 Å². The molecule has 0 saturated carbocycles. The largest absolute Gasteiger partial charge is 0.493 e. The first-order chi connectivity index (χ1) is 12.6. The molecule has 138 valence electrons. The number of imide groups is 1. The van der Waals surface area contributed by atoms with Gasteiger partial charge in [-0.1, -0.05) is 12.1 Å². The average molecular weight is 356 g/mol. The molecule has 6 nitrogen and oxygen atoms in total. The molecule has 0 spiro atoms. The highest BCUT2D eigenvalue weighted by Gasteiger charge is 2.48. The fourth-order valence-electron chi connectivity index (χ4n) is 4.76. The van der Waals surface area contributed by atoms with E-state index in [2.05, 4.69) is 0 Å². The molecule has 0 aromatic heterocycles. The molecular formula is C20H24N2O4. The normalized spacial score (nSPS) is 28.0. The van der Waals surface area contributed by atoms with E-state index in [4.69, 9.17) is 4.74 Å². The number of hydrogen-bond donors (Lipinski definition) is 0. The van der Waals surface area contributed by atoms with Crippen LogP contribution in [0.1, 0.15) is 55.8 Å². The molecule has 0 N–H and O–H groups in total. The monoisotopic (exact) mass is 356 g/mol. The molecule has 3 saturated heterocycles. The van der Waals surface area contributed by atoms with Crippen molar-refractivity contribution in [2.75, 3.05) is 6.61 Å². The van der Waals surface area contributed by atoms with Gasteiger partial charge in [-0.15, -0.1) is 0 Å². The van der Waals surface area contributed by atoms with E-state index < -0.39 is 0 Å². The molecule has 3 fully saturated rings. The highest BCUT2D eigenvalue weighted by atomic mass is 16.5. The molecule has 26 heavy (non-hydrogen) atoms. The van der Waals surface area contributed by atoms with Gasteiger partial charge in [0.2, 0.25) is 11.8 Å². The molecule has 0 aliphatic carbocycles. The second-order valence-electron chi connectivity index (χ2n) is 7.31. The molecule has 2 unspecified atom stereocenters. The highest BCUT2D eigenvalue weighted by Crippen LogP contribution is 2.40. The minimum Gasteiger partial charge on any atom is -0.493 e. The van der Waals surface area contributed by atoms with Gasteiger partial charge < -0.3 is 9.64 Å². The number of amides is 3. The Labute approximate surface area is 153 Å². The van der Waals surface area contributed by atoms with Crippen molar-refractivity contribution >= 4 is 17.7 Å². The van der Waals surface area contributed by atoms with Gasteiger partial charge >= 0.3 is 0 Å². The Balaban J connectivity index is 1.55. The van der Waals surface area contributed by atoms with Crippen LogP contribution in [0.2, 0.25) is 0 Å². The fraction of sp³-hybridized carbons (Fsp3) is 0.550. The number of nitrogens with zero attached hydrogens (tertiary/aromatic N) is 2. The number of likely N-dealkylation sites (tertiary alicyclic amines) is 1. The van der Waals surface area contributed by atoms with Gasteiger partial charge in [0.05, 0.1) is 12.2 Å². The van der Waals surface area contributed by atoms with E-state index in [1.54, 1.807) is 0 Å². The maximum atomic E-state index is 13.2. The summed E-state index contributed by atoms with van der Waals surface area (Å²) in [4.78, 5) is 40.8. The molecule has 3 aliphatic heterocycles. The predicted molar refractivity (Wildman–Crippen MR) is 94.7 cm³/mol. The Morgan fingerprint density at radius 3 is 2.27 bits per heavy atom.